The van der Waals surface area contributed by atoms with Gasteiger partial charge in [0.05, 0.1) is 128 Å². The molecule has 90 heavy (non-hydrogen) atoms. The van der Waals surface area contributed by atoms with Gasteiger partial charge in [-0.05, 0) is 303 Å². The van der Waals surface area contributed by atoms with Gasteiger partial charge in [0, 0.05) is 0 Å². The maximum atomic E-state index is 6.77. The van der Waals surface area contributed by atoms with Gasteiger partial charge in [0.2, 0.25) is 0 Å². The first kappa shape index (κ1) is 45.8. The molecule has 24 aromatic carbocycles. The van der Waals surface area contributed by atoms with Crippen LogP contribution in [0.4, 0.5) is 0 Å². The van der Waals surface area contributed by atoms with E-state index in [1.165, 1.54) is 0 Å². The summed E-state index contributed by atoms with van der Waals surface area (Å²) in [5.74, 6) is 0. The van der Waals surface area contributed by atoms with Crippen molar-refractivity contribution in [3.05, 3.63) is 44.5 Å². The van der Waals surface area contributed by atoms with E-state index < -0.39 is 0 Å². The molecule has 12 heteroatoms. The maximum Gasteiger partial charge on any atom is 0.102 e. The fraction of sp³-hybridized carbons (Fsp3) is 0.282. The normalized spacial score (nSPS) is 27.3. The Labute approximate surface area is 529 Å². The zero-order valence-electron chi connectivity index (χ0n) is 48.8. The van der Waals surface area contributed by atoms with Crippen LogP contribution in [0.15, 0.2) is 0 Å². The summed E-state index contributed by atoms with van der Waals surface area (Å²) in [6, 6.07) is 0. The molecule has 24 aromatic rings. The van der Waals surface area contributed by atoms with E-state index >= 15 is 0 Å². The lowest BCUT2D eigenvalue weighted by molar-refractivity contribution is -0.901. The highest BCUT2D eigenvalue weighted by molar-refractivity contribution is 6.79. The van der Waals surface area contributed by atoms with Crippen LogP contribution in [0.5, 0.6) is 0 Å². The van der Waals surface area contributed by atoms with Crippen LogP contribution >= 0.6 is 0 Å². The summed E-state index contributed by atoms with van der Waals surface area (Å²) in [5.41, 5.74) is 25.1. The highest BCUT2D eigenvalue weighted by atomic mass is 35.5. The third-order valence-corrected chi connectivity index (χ3v) is 30.2. The Bertz CT molecular complexity index is 7200. The molecule has 2 saturated heterocycles. The summed E-state index contributed by atoms with van der Waals surface area (Å²) < 4.78 is 27.6. The molecule has 2 heterocycles. The Kier molecular flexibility index (Phi) is 5.90. The molecule has 2 aliphatic heterocycles. The molecule has 0 aromatic heterocycles. The van der Waals surface area contributed by atoms with Gasteiger partial charge in [-0.2, -0.15) is 0 Å². The van der Waals surface area contributed by atoms with Gasteiger partial charge < -0.3 is 89.0 Å². The molecule has 34 rings (SSSR count). The topological polar surface area (TPSA) is 92.2 Å². The first-order valence-electron chi connectivity index (χ1n) is 33.0. The molecule has 0 bridgehead atoms. The Balaban J connectivity index is 0.00000116. The molecule has 8 nitrogen and oxygen atoms in total. The van der Waals surface area contributed by atoms with Gasteiger partial charge in [0.1, 0.15) is 13.1 Å². The molecule has 0 saturated carbocycles. The van der Waals surface area contributed by atoms with Crippen LogP contribution in [0.3, 0.4) is 0 Å². The van der Waals surface area contributed by atoms with Crippen LogP contribution in [0.1, 0.15) is 44.5 Å². The van der Waals surface area contributed by atoms with Crippen molar-refractivity contribution in [2.45, 2.75) is 21.7 Å². The lowest BCUT2D eigenvalue weighted by Crippen LogP contribution is -3.00. The zero-order valence-corrected chi connectivity index (χ0v) is 51.8. The molecule has 10 aliphatic rings. The minimum Gasteiger partial charge on any atom is -1.00 e. The monoisotopic (exact) mass is 1240 g/mol. The average molecular weight is 1240 g/mol. The molecule has 3 atom stereocenters. The molecule has 2 fully saturated rings. The number of rotatable bonds is 16. The molecule has 0 amide bonds. The second-order valence-corrected chi connectivity index (χ2v) is 32.1. The molecule has 0 radical (unpaired) electrons. The van der Waals surface area contributed by atoms with E-state index in [0.717, 1.165) is 74.5 Å². The van der Waals surface area contributed by atoms with Gasteiger partial charge in [0.25, 0.3) is 0 Å². The van der Waals surface area contributed by atoms with Crippen molar-refractivity contribution in [1.82, 2.24) is 0 Å². The van der Waals surface area contributed by atoms with Crippen LogP contribution in [-0.2, 0) is 40.6 Å². The van der Waals surface area contributed by atoms with Gasteiger partial charge in [-0.25, -0.2) is 0 Å². The largest absolute Gasteiger partial charge is 1.00 e. The molecular weight excluding hydrogens is 1200 g/mol. The average Bonchev–Trinajstić information content (AvgIpc) is 1.37. The van der Waals surface area contributed by atoms with E-state index in [1.807, 2.05) is 22.3 Å². The summed E-state index contributed by atoms with van der Waals surface area (Å²) >= 11 is 0. The first-order valence-corrected chi connectivity index (χ1v) is 33.0. The zero-order chi connectivity index (χ0) is 53.5. The van der Waals surface area contributed by atoms with Crippen molar-refractivity contribution in [1.29, 1.82) is 0 Å². The number of halogens is 4. The standard InChI is InChI=1S/C78H42N4O4.4ClH/c1-81(5-9-85-13-11-83-7-3-79)15-75-67-53-43-32-23-19-20-22-27-21(19)28-25-30(23)38(43)49-41-34(25)45-36(28)47-40(27)48-37-29(22)26-31-24(20)33(32)44-39(31)50-42-35(26)46(37)58-62-52(42)64(60(50)68(75)54(44)53)74-66-65-71-61(51(41)63(59(49)67)73(65)78(74,75)18-81)57(45)69-55(47)56(48)70(58)77(72(62)66)17-82(2,16-76(69,71)77)6-10-86-14-12-84-8-4-80;;;;/h3-18,79-80H2,1-2H3;4*1H/q+2;;;;/p-2. The van der Waals surface area contributed by atoms with E-state index in [0.29, 0.717) is 39.6 Å². The first-order chi connectivity index (χ1) is 42.4. The smallest absolute Gasteiger partial charge is 0.102 e. The van der Waals surface area contributed by atoms with Crippen molar-refractivity contribution < 1.29 is 89.0 Å². The third-order valence-electron chi connectivity index (χ3n) is 30.2. The van der Waals surface area contributed by atoms with E-state index in [4.69, 9.17) is 18.9 Å². The minimum atomic E-state index is -0.247. The fourth-order valence-electron chi connectivity index (χ4n) is 29.9. The summed E-state index contributed by atoms with van der Waals surface area (Å²) in [4.78, 5) is 0. The Hall–Kier alpha value is -6.44. The number of likely N-dealkylation sites (N-methyl/N-ethyl adjacent to an activating group) is 2. The molecule has 3 unspecified atom stereocenters. The number of benzene rings is 16. The van der Waals surface area contributed by atoms with Gasteiger partial charge in [-0.3, -0.25) is 0 Å². The van der Waals surface area contributed by atoms with Crippen molar-refractivity contribution in [3.8, 4) is 11.1 Å². The predicted molar refractivity (Wildman–Crippen MR) is 346 cm³/mol. The van der Waals surface area contributed by atoms with E-state index in [9.17, 15) is 0 Å². The Morgan fingerprint density at radius 2 is 0.389 bits per heavy atom. The number of hydrogen-bond acceptors (Lipinski definition) is 4. The fourth-order valence-corrected chi connectivity index (χ4v) is 29.9. The molecule has 4 spiro atoms. The highest BCUT2D eigenvalue weighted by Crippen LogP contribution is 2.90. The number of quaternary nitrogens is 4. The summed E-state index contributed by atoms with van der Waals surface area (Å²) in [6.07, 6.45) is 0. The van der Waals surface area contributed by atoms with Crippen LogP contribution in [0, 0.1) is 0 Å². The van der Waals surface area contributed by atoms with E-state index in [1.54, 1.807) is 281 Å². The van der Waals surface area contributed by atoms with Crippen LogP contribution in [0.2, 0.25) is 0 Å². The molecule has 6 N–H and O–H groups in total. The summed E-state index contributed by atoms with van der Waals surface area (Å²) in [6.45, 7) is 13.5. The number of hydrogen-bond donors (Lipinski definition) is 2. The minimum absolute atomic E-state index is 0. The lowest BCUT2D eigenvalue weighted by atomic mass is 9.49. The van der Waals surface area contributed by atoms with E-state index in [-0.39, 0.29) is 71.3 Å². The van der Waals surface area contributed by atoms with Crippen molar-refractivity contribution in [2.75, 3.05) is 119 Å². The second kappa shape index (κ2) is 11.6. The number of ether oxygens (including phenoxy) is 4. The number of likely N-dealkylation sites (tertiary alicyclic amines) is 2. The highest BCUT2D eigenvalue weighted by Gasteiger charge is 2.83. The van der Waals surface area contributed by atoms with Gasteiger partial charge >= 0.3 is 0 Å². The van der Waals surface area contributed by atoms with Crippen molar-refractivity contribution in [3.63, 3.8) is 0 Å². The van der Waals surface area contributed by atoms with Gasteiger partial charge in [0.15, 0.2) is 0 Å². The summed E-state index contributed by atoms with van der Waals surface area (Å²) in [7, 11) is 5.43. The molecular formula is C78H44Cl4N4O4. The Morgan fingerprint density at radius 3 is 0.600 bits per heavy atom. The lowest BCUT2D eigenvalue weighted by Gasteiger charge is -2.48. The van der Waals surface area contributed by atoms with Crippen LogP contribution < -0.4 is 61.1 Å². The van der Waals surface area contributed by atoms with Gasteiger partial charge in [-0.15, -0.1) is 0 Å². The molecule has 428 valence electrons. The summed E-state index contributed by atoms with van der Waals surface area (Å²) in [5, 5.41) is 77.7. The predicted octanol–water partition coefficient (Wildman–Crippen LogP) is 0.296. The maximum absolute atomic E-state index is 6.77. The van der Waals surface area contributed by atoms with Crippen molar-refractivity contribution in [2.24, 2.45) is 0 Å². The third kappa shape index (κ3) is 2.95. The molecule has 8 aliphatic carbocycles. The quantitative estimate of drug-likeness (QED) is 0.0829. The van der Waals surface area contributed by atoms with Crippen LogP contribution in [0.25, 0.3) is 259 Å². The van der Waals surface area contributed by atoms with Crippen LogP contribution in [-0.4, -0.2) is 128 Å². The van der Waals surface area contributed by atoms with Gasteiger partial charge in [-0.1, -0.05) is 0 Å². The number of nitrogens with zero attached hydrogens (tertiary/aromatic N) is 2. The SMILES string of the molecule is C[N+]1(CCOCCOCC[NH3+])CC23c4c5c6c7c8c9c%10c%11c%12c%13c%14c(c-5c5c%15c%16c(c%17c%18c2c2c4c7c4c8c7c%10c8c%10c%11c%11c%13c(c%14%15)c%13c%16c%14c%17c%15c%18c%16c2c4c2c7c8c4c(c%162)c%15c2c%14c%13c%11c%10c24)C53C1)C61C[N+](C)(CCOCCOCC[NH3+])CC9%121.[Cl-].[Cl-].[Cl-].[Cl-]. The second-order valence-electron chi connectivity index (χ2n) is 32.1. The Morgan fingerprint density at radius 1 is 0.233 bits per heavy atom. The van der Waals surface area contributed by atoms with Crippen molar-refractivity contribution >= 4 is 248 Å². The van der Waals surface area contributed by atoms with E-state index in [2.05, 4.69) is 25.6 Å².